The van der Waals surface area contributed by atoms with Crippen molar-refractivity contribution in [3.63, 3.8) is 0 Å². The molecule has 0 unspecified atom stereocenters. The molecule has 1 aromatic rings. The quantitative estimate of drug-likeness (QED) is 0.718. The Morgan fingerprint density at radius 1 is 1.12 bits per heavy atom. The van der Waals surface area contributed by atoms with Gasteiger partial charge in [0.25, 0.3) is 0 Å². The molecule has 0 saturated carbocycles. The van der Waals surface area contributed by atoms with E-state index in [-0.39, 0.29) is 17.6 Å². The highest BCUT2D eigenvalue weighted by molar-refractivity contribution is 5.31. The van der Waals surface area contributed by atoms with Crippen LogP contribution in [0.2, 0.25) is 0 Å². The van der Waals surface area contributed by atoms with Gasteiger partial charge in [0.2, 0.25) is 0 Å². The van der Waals surface area contributed by atoms with E-state index < -0.39 is 6.10 Å². The van der Waals surface area contributed by atoms with Crippen LogP contribution in [0.1, 0.15) is 40.2 Å². The molecule has 1 aromatic carbocycles. The zero-order chi connectivity index (χ0) is 19.2. The molecule has 1 aliphatic heterocycles. The normalized spacial score (nSPS) is 23.0. The number of morpholine rings is 1. The third-order valence-corrected chi connectivity index (χ3v) is 4.49. The number of aliphatic hydroxyl groups excluding tert-OH is 1. The van der Waals surface area contributed by atoms with Gasteiger partial charge in [-0.1, -0.05) is 32.9 Å². The summed E-state index contributed by atoms with van der Waals surface area (Å²) in [5, 5.41) is 10.1. The van der Waals surface area contributed by atoms with Gasteiger partial charge < -0.3 is 19.3 Å². The van der Waals surface area contributed by atoms with Gasteiger partial charge in [-0.15, -0.1) is 0 Å². The Hall–Kier alpha value is -1.14. The molecule has 3 atom stereocenters. The van der Waals surface area contributed by atoms with Crippen molar-refractivity contribution in [1.82, 2.24) is 4.90 Å². The first-order chi connectivity index (χ1) is 12.2. The van der Waals surface area contributed by atoms with Crippen molar-refractivity contribution < 1.29 is 19.3 Å². The second-order valence-corrected chi connectivity index (χ2v) is 8.33. The number of aliphatic hydroxyl groups is 1. The van der Waals surface area contributed by atoms with Gasteiger partial charge in [-0.05, 0) is 37.0 Å². The molecule has 0 radical (unpaired) electrons. The van der Waals surface area contributed by atoms with Gasteiger partial charge in [0, 0.05) is 19.6 Å². The Labute approximate surface area is 158 Å². The molecule has 0 bridgehead atoms. The van der Waals surface area contributed by atoms with E-state index in [0.29, 0.717) is 26.4 Å². The van der Waals surface area contributed by atoms with E-state index in [0.717, 1.165) is 18.8 Å². The molecule has 1 heterocycles. The van der Waals surface area contributed by atoms with Crippen LogP contribution in [0, 0.1) is 0 Å². The summed E-state index contributed by atoms with van der Waals surface area (Å²) in [6.07, 6.45) is -0.0616. The van der Waals surface area contributed by atoms with Crippen molar-refractivity contribution in [2.24, 2.45) is 0 Å². The van der Waals surface area contributed by atoms with Gasteiger partial charge in [0.05, 0.1) is 31.5 Å². The Balaban J connectivity index is 1.60. The first-order valence-corrected chi connectivity index (χ1v) is 9.61. The monoisotopic (exact) mass is 365 g/mol. The summed E-state index contributed by atoms with van der Waals surface area (Å²) < 4.78 is 17.0. The molecule has 148 valence electrons. The topological polar surface area (TPSA) is 51.2 Å². The van der Waals surface area contributed by atoms with E-state index in [1.807, 2.05) is 12.1 Å². The SMILES string of the molecule is C[C@@H]1CN(C[C@@H](O)COCCOc2ccc(C(C)(C)C)cc2)C[C@@H](C)O1. The van der Waals surface area contributed by atoms with Crippen LogP contribution in [0.3, 0.4) is 0 Å². The smallest absolute Gasteiger partial charge is 0.119 e. The summed E-state index contributed by atoms with van der Waals surface area (Å²) in [6, 6.07) is 8.20. The highest BCUT2D eigenvalue weighted by atomic mass is 16.5. The lowest BCUT2D eigenvalue weighted by molar-refractivity contribution is -0.0824. The number of benzene rings is 1. The van der Waals surface area contributed by atoms with E-state index in [1.54, 1.807) is 0 Å². The Kier molecular flexibility index (Phi) is 7.89. The Bertz CT molecular complexity index is 516. The molecule has 1 fully saturated rings. The van der Waals surface area contributed by atoms with E-state index in [2.05, 4.69) is 51.7 Å². The minimum Gasteiger partial charge on any atom is -0.491 e. The second-order valence-electron chi connectivity index (χ2n) is 8.33. The molecule has 1 saturated heterocycles. The fourth-order valence-corrected chi connectivity index (χ4v) is 3.27. The number of β-amino-alcohol motifs (C(OH)–C–C–N with tert-alkyl or cyclic N) is 1. The molecular weight excluding hydrogens is 330 g/mol. The zero-order valence-corrected chi connectivity index (χ0v) is 16.9. The van der Waals surface area contributed by atoms with Crippen LogP contribution >= 0.6 is 0 Å². The van der Waals surface area contributed by atoms with Crippen molar-refractivity contribution in [3.05, 3.63) is 29.8 Å². The van der Waals surface area contributed by atoms with Gasteiger partial charge >= 0.3 is 0 Å². The Morgan fingerprint density at radius 3 is 2.31 bits per heavy atom. The van der Waals surface area contributed by atoms with E-state index >= 15 is 0 Å². The minimum atomic E-state index is -0.487. The summed E-state index contributed by atoms with van der Waals surface area (Å²) in [7, 11) is 0. The van der Waals surface area contributed by atoms with E-state index in [4.69, 9.17) is 14.2 Å². The predicted octanol–water partition coefficient (Wildman–Crippen LogP) is 2.85. The summed E-state index contributed by atoms with van der Waals surface area (Å²) in [6.45, 7) is 14.3. The van der Waals surface area contributed by atoms with Gasteiger partial charge in [0.1, 0.15) is 12.4 Å². The second kappa shape index (κ2) is 9.70. The number of rotatable bonds is 8. The predicted molar refractivity (Wildman–Crippen MR) is 104 cm³/mol. The highest BCUT2D eigenvalue weighted by Gasteiger charge is 2.23. The molecular formula is C21H35NO4. The molecule has 0 aromatic heterocycles. The van der Waals surface area contributed by atoms with E-state index in [9.17, 15) is 5.11 Å². The fraction of sp³-hybridized carbons (Fsp3) is 0.714. The standard InChI is InChI=1S/C21H35NO4/c1-16-12-22(13-17(2)26-16)14-19(23)15-24-10-11-25-20-8-6-18(7-9-20)21(3,4)5/h6-9,16-17,19,23H,10-15H2,1-5H3/t16-,17-,19-/m1/s1. The van der Waals surface area contributed by atoms with Crippen molar-refractivity contribution in [1.29, 1.82) is 0 Å². The lowest BCUT2D eigenvalue weighted by atomic mass is 9.87. The summed E-state index contributed by atoms with van der Waals surface area (Å²) in [5.41, 5.74) is 1.43. The molecule has 0 aliphatic carbocycles. The first kappa shape index (κ1) is 21.2. The maximum Gasteiger partial charge on any atom is 0.119 e. The molecule has 1 N–H and O–H groups in total. The maximum atomic E-state index is 10.1. The average molecular weight is 366 g/mol. The van der Waals surface area contributed by atoms with Gasteiger partial charge in [-0.3, -0.25) is 4.90 Å². The summed E-state index contributed by atoms with van der Waals surface area (Å²) in [4.78, 5) is 2.24. The van der Waals surface area contributed by atoms with E-state index in [1.165, 1.54) is 5.56 Å². The minimum absolute atomic E-state index is 0.147. The summed E-state index contributed by atoms with van der Waals surface area (Å²) in [5.74, 6) is 0.846. The zero-order valence-electron chi connectivity index (χ0n) is 16.9. The summed E-state index contributed by atoms with van der Waals surface area (Å²) >= 11 is 0. The number of hydrogen-bond donors (Lipinski definition) is 1. The Morgan fingerprint density at radius 2 is 1.73 bits per heavy atom. The first-order valence-electron chi connectivity index (χ1n) is 9.61. The molecule has 5 heteroatoms. The van der Waals surface area contributed by atoms with Crippen LogP contribution in [0.15, 0.2) is 24.3 Å². The molecule has 1 aliphatic rings. The van der Waals surface area contributed by atoms with Crippen LogP contribution in [0.4, 0.5) is 0 Å². The average Bonchev–Trinajstić information content (AvgIpc) is 2.53. The van der Waals surface area contributed by atoms with Gasteiger partial charge in [-0.2, -0.15) is 0 Å². The number of hydrogen-bond acceptors (Lipinski definition) is 5. The van der Waals surface area contributed by atoms with Gasteiger partial charge in [-0.25, -0.2) is 0 Å². The van der Waals surface area contributed by atoms with Crippen LogP contribution in [-0.4, -0.2) is 67.8 Å². The van der Waals surface area contributed by atoms with Crippen molar-refractivity contribution in [2.75, 3.05) is 39.5 Å². The van der Waals surface area contributed by atoms with Crippen LogP contribution < -0.4 is 4.74 Å². The third-order valence-electron chi connectivity index (χ3n) is 4.49. The molecule has 26 heavy (non-hydrogen) atoms. The van der Waals surface area contributed by atoms with Crippen molar-refractivity contribution in [2.45, 2.75) is 58.3 Å². The van der Waals surface area contributed by atoms with Gasteiger partial charge in [0.15, 0.2) is 0 Å². The molecule has 2 rings (SSSR count). The van der Waals surface area contributed by atoms with Crippen molar-refractivity contribution in [3.8, 4) is 5.75 Å². The molecule has 5 nitrogen and oxygen atoms in total. The third kappa shape index (κ3) is 7.23. The largest absolute Gasteiger partial charge is 0.491 e. The lowest BCUT2D eigenvalue weighted by Gasteiger charge is -2.36. The molecule has 0 spiro atoms. The fourth-order valence-electron chi connectivity index (χ4n) is 3.27. The van der Waals surface area contributed by atoms with Crippen LogP contribution in [0.25, 0.3) is 0 Å². The maximum absolute atomic E-state index is 10.1. The van der Waals surface area contributed by atoms with Crippen LogP contribution in [0.5, 0.6) is 5.75 Å². The molecule has 0 amide bonds. The highest BCUT2D eigenvalue weighted by Crippen LogP contribution is 2.24. The lowest BCUT2D eigenvalue weighted by Crippen LogP contribution is -2.48. The number of ether oxygens (including phenoxy) is 3. The van der Waals surface area contributed by atoms with Crippen molar-refractivity contribution >= 4 is 0 Å². The number of nitrogens with zero attached hydrogens (tertiary/aromatic N) is 1. The van der Waals surface area contributed by atoms with Crippen LogP contribution in [-0.2, 0) is 14.9 Å².